The van der Waals surface area contributed by atoms with E-state index in [1.54, 1.807) is 0 Å². The monoisotopic (exact) mass is 448 g/mol. The molecule has 2 unspecified atom stereocenters. The molecule has 2 atom stereocenters. The topological polar surface area (TPSA) is 9.23 Å². The summed E-state index contributed by atoms with van der Waals surface area (Å²) in [4.78, 5) is 0. The summed E-state index contributed by atoms with van der Waals surface area (Å²) >= 11 is 0. The summed E-state index contributed by atoms with van der Waals surface area (Å²) < 4.78 is 32.6. The van der Waals surface area contributed by atoms with Gasteiger partial charge in [-0.05, 0) is 119 Å². The maximum Gasteiger partial charge on any atom is 0.110 e. The number of alkyl halides is 1. The van der Waals surface area contributed by atoms with Crippen LogP contribution in [0.5, 0.6) is 0 Å². The molecule has 1 heterocycles. The van der Waals surface area contributed by atoms with Gasteiger partial charge in [0.15, 0.2) is 0 Å². The van der Waals surface area contributed by atoms with Crippen LogP contribution < -0.4 is 0 Å². The Morgan fingerprint density at radius 3 is 1.84 bits per heavy atom. The fourth-order valence-corrected chi connectivity index (χ4v) is 7.14. The third-order valence-corrected chi connectivity index (χ3v) is 9.51. The van der Waals surface area contributed by atoms with E-state index in [9.17, 15) is 8.78 Å². The van der Waals surface area contributed by atoms with E-state index < -0.39 is 6.67 Å². The molecule has 0 bridgehead atoms. The summed E-state index contributed by atoms with van der Waals surface area (Å²) in [5.41, 5.74) is 0. The van der Waals surface area contributed by atoms with Gasteiger partial charge >= 0.3 is 0 Å². The molecule has 0 amide bonds. The number of ether oxygens (including phenoxy) is 1. The first-order valence-electron chi connectivity index (χ1n) is 13.8. The van der Waals surface area contributed by atoms with Crippen molar-refractivity contribution in [1.82, 2.24) is 0 Å². The van der Waals surface area contributed by atoms with Gasteiger partial charge in [0.25, 0.3) is 0 Å². The Bertz CT molecular complexity index is 597. The lowest BCUT2D eigenvalue weighted by atomic mass is 9.72. The predicted octanol–water partition coefficient (Wildman–Crippen LogP) is 8.60. The second kappa shape index (κ2) is 12.1. The molecule has 3 saturated carbocycles. The zero-order chi connectivity index (χ0) is 22.3. The first-order valence-corrected chi connectivity index (χ1v) is 13.8. The lowest BCUT2D eigenvalue weighted by Gasteiger charge is -2.41. The maximum absolute atomic E-state index is 13.8. The highest BCUT2D eigenvalue weighted by Gasteiger charge is 2.34. The smallest absolute Gasteiger partial charge is 0.110 e. The van der Waals surface area contributed by atoms with Crippen molar-refractivity contribution in [3.8, 4) is 0 Å². The van der Waals surface area contributed by atoms with Gasteiger partial charge in [-0.15, -0.1) is 0 Å². The minimum atomic E-state index is -0.680. The standard InChI is InChI=1S/C29H46F2O/c1-21-2-10-24(11-3-21)27-16-17-29(32-20-27)26-14-8-23(9-15-26)5-4-22-6-12-25(13-7-22)28(31)18-19-30/h4-5,18,21-27,29H,2-3,6-17,19-20H2,1H3/b5-4+,28-18-. The zero-order valence-corrected chi connectivity index (χ0v) is 20.3. The van der Waals surface area contributed by atoms with Crippen molar-refractivity contribution in [2.45, 2.75) is 103 Å². The second-order valence-electron chi connectivity index (χ2n) is 11.6. The van der Waals surface area contributed by atoms with Crippen molar-refractivity contribution in [2.24, 2.45) is 41.4 Å². The number of hydrogen-bond donors (Lipinski definition) is 0. The summed E-state index contributed by atoms with van der Waals surface area (Å²) in [7, 11) is 0. The zero-order valence-electron chi connectivity index (χ0n) is 20.3. The molecule has 1 nitrogen and oxygen atoms in total. The van der Waals surface area contributed by atoms with Crippen LogP contribution in [0.25, 0.3) is 0 Å². The third-order valence-electron chi connectivity index (χ3n) is 9.51. The predicted molar refractivity (Wildman–Crippen MR) is 129 cm³/mol. The molecule has 32 heavy (non-hydrogen) atoms. The fraction of sp³-hybridized carbons (Fsp3) is 0.862. The molecular weight excluding hydrogens is 402 g/mol. The summed E-state index contributed by atoms with van der Waals surface area (Å²) in [5.74, 6) is 4.51. The Morgan fingerprint density at radius 2 is 1.28 bits per heavy atom. The second-order valence-corrected chi connectivity index (χ2v) is 11.6. The summed E-state index contributed by atoms with van der Waals surface area (Å²) in [5, 5.41) is 0. The van der Waals surface area contributed by atoms with Gasteiger partial charge in [0.2, 0.25) is 0 Å². The molecule has 0 aromatic carbocycles. The van der Waals surface area contributed by atoms with E-state index in [1.807, 2.05) is 0 Å². The number of halogens is 2. The largest absolute Gasteiger partial charge is 0.378 e. The minimum Gasteiger partial charge on any atom is -0.378 e. The molecule has 1 aliphatic heterocycles. The number of allylic oxidation sites excluding steroid dienone is 4. The molecule has 0 aromatic rings. The van der Waals surface area contributed by atoms with Crippen molar-refractivity contribution < 1.29 is 13.5 Å². The van der Waals surface area contributed by atoms with Gasteiger partial charge in [-0.2, -0.15) is 0 Å². The van der Waals surface area contributed by atoms with E-state index in [1.165, 1.54) is 64.2 Å². The summed E-state index contributed by atoms with van der Waals surface area (Å²) in [6.07, 6.45) is 24.0. The van der Waals surface area contributed by atoms with Crippen LogP contribution in [0.1, 0.15) is 96.8 Å². The van der Waals surface area contributed by atoms with Crippen LogP contribution in [0.4, 0.5) is 8.78 Å². The van der Waals surface area contributed by atoms with Crippen molar-refractivity contribution in [2.75, 3.05) is 13.3 Å². The lowest BCUT2D eigenvalue weighted by Crippen LogP contribution is -2.37. The molecule has 3 aliphatic carbocycles. The van der Waals surface area contributed by atoms with Crippen LogP contribution in [-0.2, 0) is 4.74 Å². The van der Waals surface area contributed by atoms with Gasteiger partial charge in [-0.25, -0.2) is 8.78 Å². The minimum absolute atomic E-state index is 0.0393. The highest BCUT2D eigenvalue weighted by Crippen LogP contribution is 2.41. The van der Waals surface area contributed by atoms with Crippen molar-refractivity contribution in [3.63, 3.8) is 0 Å². The van der Waals surface area contributed by atoms with E-state index in [-0.39, 0.29) is 11.7 Å². The van der Waals surface area contributed by atoms with Crippen LogP contribution in [0.2, 0.25) is 0 Å². The van der Waals surface area contributed by atoms with E-state index in [0.29, 0.717) is 17.9 Å². The number of rotatable bonds is 6. The molecule has 4 fully saturated rings. The summed E-state index contributed by atoms with van der Waals surface area (Å²) in [6.45, 7) is 2.75. The van der Waals surface area contributed by atoms with Crippen LogP contribution in [0.15, 0.2) is 24.1 Å². The normalized spacial score (nSPS) is 42.3. The van der Waals surface area contributed by atoms with Crippen LogP contribution in [-0.4, -0.2) is 19.4 Å². The molecule has 3 heteroatoms. The fourth-order valence-electron chi connectivity index (χ4n) is 7.14. The van der Waals surface area contributed by atoms with Crippen molar-refractivity contribution >= 4 is 0 Å². The molecule has 182 valence electrons. The molecule has 1 saturated heterocycles. The molecule has 0 aromatic heterocycles. The van der Waals surface area contributed by atoms with Crippen LogP contribution >= 0.6 is 0 Å². The lowest BCUT2D eigenvalue weighted by molar-refractivity contribution is -0.0727. The van der Waals surface area contributed by atoms with Crippen molar-refractivity contribution in [1.29, 1.82) is 0 Å². The molecule has 4 aliphatic rings. The molecule has 4 rings (SSSR count). The molecule has 0 spiro atoms. The maximum atomic E-state index is 13.8. The molecule has 0 radical (unpaired) electrons. The number of hydrogen-bond acceptors (Lipinski definition) is 1. The average molecular weight is 449 g/mol. The third kappa shape index (κ3) is 6.67. The average Bonchev–Trinajstić information content (AvgIpc) is 2.84. The van der Waals surface area contributed by atoms with Crippen LogP contribution in [0, 0.1) is 41.4 Å². The van der Waals surface area contributed by atoms with Crippen LogP contribution in [0.3, 0.4) is 0 Å². The van der Waals surface area contributed by atoms with E-state index in [4.69, 9.17) is 4.74 Å². The quantitative estimate of drug-likeness (QED) is 0.370. The highest BCUT2D eigenvalue weighted by atomic mass is 19.1. The first kappa shape index (κ1) is 24.4. The Labute approximate surface area is 195 Å². The van der Waals surface area contributed by atoms with E-state index >= 15 is 0 Å². The van der Waals surface area contributed by atoms with Gasteiger partial charge in [-0.1, -0.05) is 31.9 Å². The Kier molecular flexibility index (Phi) is 9.26. The summed E-state index contributed by atoms with van der Waals surface area (Å²) in [6, 6.07) is 0. The van der Waals surface area contributed by atoms with Crippen molar-refractivity contribution in [3.05, 3.63) is 24.1 Å². The first-order chi connectivity index (χ1) is 15.6. The van der Waals surface area contributed by atoms with E-state index in [0.717, 1.165) is 62.0 Å². The molecular formula is C29H46F2O. The van der Waals surface area contributed by atoms with Gasteiger partial charge in [0, 0.05) is 5.92 Å². The van der Waals surface area contributed by atoms with Gasteiger partial charge in [0.1, 0.15) is 12.5 Å². The highest BCUT2D eigenvalue weighted by molar-refractivity contribution is 5.02. The van der Waals surface area contributed by atoms with Gasteiger partial charge < -0.3 is 4.74 Å². The SMILES string of the molecule is CC1CCC(C2CCC(C3CCC(/C=C/C4CCC(/C(F)=C/CF)CC4)CC3)OC2)CC1. The Hall–Kier alpha value is -0.700. The van der Waals surface area contributed by atoms with Gasteiger partial charge in [-0.3, -0.25) is 0 Å². The Morgan fingerprint density at radius 1 is 0.719 bits per heavy atom. The van der Waals surface area contributed by atoms with E-state index in [2.05, 4.69) is 19.1 Å². The van der Waals surface area contributed by atoms with Gasteiger partial charge in [0.05, 0.1) is 12.7 Å². The Balaban J connectivity index is 1.13. The molecule has 0 N–H and O–H groups in total.